The van der Waals surface area contributed by atoms with Crippen molar-refractivity contribution in [2.75, 3.05) is 13.1 Å². The predicted octanol–water partition coefficient (Wildman–Crippen LogP) is 3.30. The van der Waals surface area contributed by atoms with Crippen LogP contribution in [0.2, 0.25) is 0 Å². The molecule has 1 aliphatic rings. The van der Waals surface area contributed by atoms with Gasteiger partial charge in [0.2, 0.25) is 0 Å². The van der Waals surface area contributed by atoms with E-state index >= 15 is 0 Å². The smallest absolute Gasteiger partial charge is 0.311 e. The summed E-state index contributed by atoms with van der Waals surface area (Å²) in [7, 11) is 0. The fourth-order valence-electron chi connectivity index (χ4n) is 2.05. The zero-order valence-corrected chi connectivity index (χ0v) is 9.49. The second-order valence-corrected chi connectivity index (χ2v) is 4.82. The second kappa shape index (κ2) is 5.84. The number of halogens is 4. The van der Waals surface area contributed by atoms with E-state index in [1.165, 1.54) is 0 Å². The molecule has 0 aromatic rings. The lowest BCUT2D eigenvalue weighted by Crippen LogP contribution is -2.40. The van der Waals surface area contributed by atoms with Crippen molar-refractivity contribution in [3.05, 3.63) is 0 Å². The number of rotatable bonds is 5. The number of nitrogens with one attached hydrogen (secondary N) is 1. The Labute approximate surface area is 93.6 Å². The van der Waals surface area contributed by atoms with E-state index in [2.05, 4.69) is 12.2 Å². The molecule has 0 heterocycles. The third kappa shape index (κ3) is 4.28. The summed E-state index contributed by atoms with van der Waals surface area (Å²) in [6, 6.07) is 0. The van der Waals surface area contributed by atoms with Gasteiger partial charge in [0.25, 0.3) is 0 Å². The molecular formula is C11H19F4N. The summed E-state index contributed by atoms with van der Waals surface area (Å²) in [5, 5.41) is 2.46. The number of hydrogen-bond donors (Lipinski definition) is 1. The standard InChI is InChI=1S/C11H19F4N/c1-8-2-4-9(5-3-8)6-16-7-11(14,15)10(12)13/h8-10,16H,2-7H2,1H3. The quantitative estimate of drug-likeness (QED) is 0.728. The Balaban J connectivity index is 2.16. The summed E-state index contributed by atoms with van der Waals surface area (Å²) in [6.45, 7) is 1.68. The van der Waals surface area contributed by atoms with Crippen LogP contribution in [-0.4, -0.2) is 25.4 Å². The summed E-state index contributed by atoms with van der Waals surface area (Å²) in [6.07, 6.45) is 0.657. The van der Waals surface area contributed by atoms with Crippen LogP contribution in [0.4, 0.5) is 17.6 Å². The first-order valence-corrected chi connectivity index (χ1v) is 5.78. The molecule has 0 aromatic carbocycles. The van der Waals surface area contributed by atoms with Crippen LogP contribution in [0.25, 0.3) is 0 Å². The molecular weight excluding hydrogens is 222 g/mol. The van der Waals surface area contributed by atoms with Gasteiger partial charge in [0, 0.05) is 0 Å². The minimum absolute atomic E-state index is 0.365. The highest BCUT2D eigenvalue weighted by molar-refractivity contribution is 4.76. The maximum absolute atomic E-state index is 12.6. The van der Waals surface area contributed by atoms with Crippen molar-refractivity contribution in [1.82, 2.24) is 5.32 Å². The van der Waals surface area contributed by atoms with Crippen molar-refractivity contribution in [3.8, 4) is 0 Å². The van der Waals surface area contributed by atoms with E-state index in [9.17, 15) is 17.6 Å². The van der Waals surface area contributed by atoms with Gasteiger partial charge in [-0.05, 0) is 31.2 Å². The van der Waals surface area contributed by atoms with E-state index in [-0.39, 0.29) is 0 Å². The Morgan fingerprint density at radius 1 is 1.19 bits per heavy atom. The van der Waals surface area contributed by atoms with Gasteiger partial charge in [-0.15, -0.1) is 0 Å². The SMILES string of the molecule is CC1CCC(CNCC(F)(F)C(F)F)CC1. The topological polar surface area (TPSA) is 12.0 Å². The molecule has 0 unspecified atom stereocenters. The van der Waals surface area contributed by atoms with E-state index in [1.54, 1.807) is 0 Å². The van der Waals surface area contributed by atoms with Crippen LogP contribution in [0.1, 0.15) is 32.6 Å². The Hall–Kier alpha value is -0.320. The molecule has 5 heteroatoms. The van der Waals surface area contributed by atoms with Crippen LogP contribution in [0.3, 0.4) is 0 Å². The summed E-state index contributed by atoms with van der Waals surface area (Å²) in [5.74, 6) is -2.83. The Bertz CT molecular complexity index is 200. The van der Waals surface area contributed by atoms with Gasteiger partial charge >= 0.3 is 12.3 Å². The summed E-state index contributed by atoms with van der Waals surface area (Å²) >= 11 is 0. The molecule has 0 spiro atoms. The third-order valence-electron chi connectivity index (χ3n) is 3.25. The normalized spacial score (nSPS) is 27.4. The van der Waals surface area contributed by atoms with Crippen LogP contribution in [0.15, 0.2) is 0 Å². The molecule has 0 saturated heterocycles. The van der Waals surface area contributed by atoms with Crippen LogP contribution < -0.4 is 5.32 Å². The number of hydrogen-bond acceptors (Lipinski definition) is 1. The van der Waals surface area contributed by atoms with Crippen LogP contribution in [0.5, 0.6) is 0 Å². The molecule has 0 radical (unpaired) electrons. The molecule has 0 atom stereocenters. The van der Waals surface area contributed by atoms with E-state index in [0.29, 0.717) is 18.4 Å². The van der Waals surface area contributed by atoms with Crippen molar-refractivity contribution in [2.45, 2.75) is 45.0 Å². The predicted molar refractivity (Wildman–Crippen MR) is 54.9 cm³/mol. The van der Waals surface area contributed by atoms with Gasteiger partial charge in [-0.1, -0.05) is 19.8 Å². The zero-order valence-electron chi connectivity index (χ0n) is 9.49. The van der Waals surface area contributed by atoms with Gasteiger partial charge in [0.1, 0.15) is 0 Å². The molecule has 1 aliphatic carbocycles. The van der Waals surface area contributed by atoms with Gasteiger partial charge in [-0.3, -0.25) is 0 Å². The molecule has 1 fully saturated rings. The van der Waals surface area contributed by atoms with Gasteiger partial charge in [-0.25, -0.2) is 8.78 Å². The molecule has 1 saturated carbocycles. The molecule has 0 aromatic heterocycles. The summed E-state index contributed by atoms with van der Waals surface area (Å²) < 4.78 is 48.8. The average Bonchev–Trinajstić information content (AvgIpc) is 2.20. The van der Waals surface area contributed by atoms with Crippen LogP contribution in [-0.2, 0) is 0 Å². The lowest BCUT2D eigenvalue weighted by molar-refractivity contribution is -0.125. The van der Waals surface area contributed by atoms with Crippen molar-refractivity contribution >= 4 is 0 Å². The Morgan fingerprint density at radius 3 is 2.25 bits per heavy atom. The molecule has 0 amide bonds. The first kappa shape index (κ1) is 13.7. The first-order valence-electron chi connectivity index (χ1n) is 5.78. The molecule has 1 nitrogen and oxygen atoms in total. The largest absolute Gasteiger partial charge is 0.319 e. The molecule has 1 N–H and O–H groups in total. The highest BCUT2D eigenvalue weighted by Gasteiger charge is 2.40. The zero-order chi connectivity index (χ0) is 12.2. The fraction of sp³-hybridized carbons (Fsp3) is 1.00. The van der Waals surface area contributed by atoms with E-state index in [4.69, 9.17) is 0 Å². The highest BCUT2D eigenvalue weighted by Crippen LogP contribution is 2.28. The first-order chi connectivity index (χ1) is 7.42. The van der Waals surface area contributed by atoms with Gasteiger partial charge in [0.05, 0.1) is 6.54 Å². The van der Waals surface area contributed by atoms with Gasteiger partial charge in [0.15, 0.2) is 0 Å². The summed E-state index contributed by atoms with van der Waals surface area (Å²) in [4.78, 5) is 0. The van der Waals surface area contributed by atoms with Crippen molar-refractivity contribution < 1.29 is 17.6 Å². The van der Waals surface area contributed by atoms with Crippen molar-refractivity contribution in [2.24, 2.45) is 11.8 Å². The maximum atomic E-state index is 12.6. The molecule has 96 valence electrons. The minimum atomic E-state index is -3.90. The lowest BCUT2D eigenvalue weighted by Gasteiger charge is -2.27. The monoisotopic (exact) mass is 241 g/mol. The van der Waals surface area contributed by atoms with Crippen LogP contribution >= 0.6 is 0 Å². The Kier molecular flexibility index (Phi) is 5.02. The minimum Gasteiger partial charge on any atom is -0.311 e. The molecule has 16 heavy (non-hydrogen) atoms. The van der Waals surface area contributed by atoms with E-state index in [0.717, 1.165) is 25.7 Å². The molecule has 0 bridgehead atoms. The second-order valence-electron chi connectivity index (χ2n) is 4.82. The Morgan fingerprint density at radius 2 is 1.75 bits per heavy atom. The van der Waals surface area contributed by atoms with E-state index in [1.807, 2.05) is 0 Å². The average molecular weight is 241 g/mol. The van der Waals surface area contributed by atoms with Crippen LogP contribution in [0, 0.1) is 11.8 Å². The molecule has 0 aliphatic heterocycles. The van der Waals surface area contributed by atoms with E-state index < -0.39 is 18.9 Å². The molecule has 1 rings (SSSR count). The third-order valence-corrected chi connectivity index (χ3v) is 3.25. The number of alkyl halides is 4. The van der Waals surface area contributed by atoms with Crippen molar-refractivity contribution in [3.63, 3.8) is 0 Å². The van der Waals surface area contributed by atoms with Gasteiger partial charge in [-0.2, -0.15) is 8.78 Å². The maximum Gasteiger partial charge on any atom is 0.319 e. The van der Waals surface area contributed by atoms with Crippen molar-refractivity contribution in [1.29, 1.82) is 0 Å². The highest BCUT2D eigenvalue weighted by atomic mass is 19.3. The lowest BCUT2D eigenvalue weighted by atomic mass is 9.83. The fourth-order valence-corrected chi connectivity index (χ4v) is 2.05. The van der Waals surface area contributed by atoms with Gasteiger partial charge < -0.3 is 5.32 Å². The summed E-state index contributed by atoms with van der Waals surface area (Å²) in [5.41, 5.74) is 0.